The fraction of sp³-hybridized carbons (Fsp3) is 0.875. The third-order valence-electron chi connectivity index (χ3n) is 2.02. The van der Waals surface area contributed by atoms with Gasteiger partial charge >= 0.3 is 0 Å². The van der Waals surface area contributed by atoms with Crippen LogP contribution in [0.4, 0.5) is 0 Å². The van der Waals surface area contributed by atoms with Crippen LogP contribution in [-0.4, -0.2) is 29.4 Å². The lowest BCUT2D eigenvalue weighted by molar-refractivity contribution is -0.147. The molecule has 1 aliphatic heterocycles. The number of rotatable bonds is 4. The normalized spacial score (nSPS) is 22.2. The summed E-state index contributed by atoms with van der Waals surface area (Å²) in [5.74, 6) is -0.466. The highest BCUT2D eigenvalue weighted by atomic mass is 35.5. The number of ether oxygens (including phenoxy) is 2. The Labute approximate surface area is 82.5 Å². The van der Waals surface area contributed by atoms with Gasteiger partial charge in [0.1, 0.15) is 5.17 Å². The van der Waals surface area contributed by atoms with Crippen molar-refractivity contribution in [3.8, 4) is 0 Å². The Balaban J connectivity index is 2.18. The Hall–Kier alpha value is -0.320. The molecule has 1 rings (SSSR count). The van der Waals surface area contributed by atoms with E-state index in [9.17, 15) is 0 Å². The van der Waals surface area contributed by atoms with Gasteiger partial charge < -0.3 is 14.7 Å². The van der Waals surface area contributed by atoms with E-state index in [1.54, 1.807) is 0 Å². The Bertz CT molecular complexity index is 190. The Morgan fingerprint density at radius 3 is 2.69 bits per heavy atom. The zero-order chi connectivity index (χ0) is 9.73. The van der Waals surface area contributed by atoms with Crippen LogP contribution in [0.2, 0.25) is 0 Å². The summed E-state index contributed by atoms with van der Waals surface area (Å²) in [7, 11) is 0. The molecule has 0 saturated carbocycles. The molecule has 0 aliphatic carbocycles. The van der Waals surface area contributed by atoms with Crippen molar-refractivity contribution in [1.29, 1.82) is 0 Å². The predicted octanol–water partition coefficient (Wildman–Crippen LogP) is 1.95. The molecule has 0 aromatic rings. The van der Waals surface area contributed by atoms with Crippen LogP contribution >= 0.6 is 11.6 Å². The second kappa shape index (κ2) is 4.79. The molecule has 1 saturated heterocycles. The smallest absolute Gasteiger partial charge is 0.165 e. The first-order chi connectivity index (χ1) is 6.16. The zero-order valence-electron chi connectivity index (χ0n) is 7.62. The van der Waals surface area contributed by atoms with Crippen LogP contribution in [0.25, 0.3) is 0 Å². The summed E-state index contributed by atoms with van der Waals surface area (Å²) in [5, 5.41) is 11.4. The van der Waals surface area contributed by atoms with Gasteiger partial charge in [-0.15, -0.1) is 0 Å². The van der Waals surface area contributed by atoms with Crippen molar-refractivity contribution in [3.63, 3.8) is 0 Å². The largest absolute Gasteiger partial charge is 0.410 e. The van der Waals surface area contributed by atoms with Gasteiger partial charge in [0.05, 0.1) is 13.2 Å². The highest BCUT2D eigenvalue weighted by Crippen LogP contribution is 2.24. The summed E-state index contributed by atoms with van der Waals surface area (Å²) < 4.78 is 10.8. The van der Waals surface area contributed by atoms with Gasteiger partial charge in [-0.3, -0.25) is 0 Å². The predicted molar refractivity (Wildman–Crippen MR) is 49.2 cm³/mol. The first-order valence-electron chi connectivity index (χ1n) is 4.31. The van der Waals surface area contributed by atoms with Crippen LogP contribution in [0.15, 0.2) is 5.16 Å². The highest BCUT2D eigenvalue weighted by Gasteiger charge is 2.29. The molecule has 0 aromatic carbocycles. The van der Waals surface area contributed by atoms with E-state index in [2.05, 4.69) is 5.16 Å². The molecule has 4 nitrogen and oxygen atoms in total. The molecule has 0 bridgehead atoms. The first kappa shape index (κ1) is 10.8. The van der Waals surface area contributed by atoms with Gasteiger partial charge in [-0.05, 0) is 13.3 Å². The molecular formula is C8H14ClNO3. The van der Waals surface area contributed by atoms with Gasteiger partial charge in [-0.2, -0.15) is 0 Å². The van der Waals surface area contributed by atoms with Gasteiger partial charge in [0.15, 0.2) is 5.79 Å². The van der Waals surface area contributed by atoms with Gasteiger partial charge in [0.25, 0.3) is 0 Å². The summed E-state index contributed by atoms with van der Waals surface area (Å²) >= 11 is 5.51. The molecule has 0 spiro atoms. The van der Waals surface area contributed by atoms with Crippen LogP contribution in [0.5, 0.6) is 0 Å². The van der Waals surface area contributed by atoms with Crippen LogP contribution in [0, 0.1) is 0 Å². The van der Waals surface area contributed by atoms with Crippen molar-refractivity contribution in [2.75, 3.05) is 13.2 Å². The Morgan fingerprint density at radius 1 is 1.54 bits per heavy atom. The molecule has 5 heteroatoms. The standard InChI is InChI=1S/C8H14ClNO3/c1-8(12-5-6-13-8)4-2-3-7(9)10-11/h11H,2-6H2,1H3/b10-7-. The van der Waals surface area contributed by atoms with E-state index < -0.39 is 5.79 Å². The zero-order valence-corrected chi connectivity index (χ0v) is 8.38. The minimum Gasteiger partial charge on any atom is -0.410 e. The molecule has 0 unspecified atom stereocenters. The maximum absolute atomic E-state index is 8.28. The molecule has 76 valence electrons. The van der Waals surface area contributed by atoms with Gasteiger partial charge in [0.2, 0.25) is 0 Å². The number of hydrogen-bond acceptors (Lipinski definition) is 4. The van der Waals surface area contributed by atoms with E-state index in [1.165, 1.54) is 0 Å². The third-order valence-corrected chi connectivity index (χ3v) is 2.29. The summed E-state index contributed by atoms with van der Waals surface area (Å²) in [5.41, 5.74) is 0. The molecule has 1 heterocycles. The second-order valence-corrected chi connectivity index (χ2v) is 3.60. The van der Waals surface area contributed by atoms with E-state index >= 15 is 0 Å². The molecule has 1 fully saturated rings. The van der Waals surface area contributed by atoms with Crippen molar-refractivity contribution >= 4 is 16.8 Å². The summed E-state index contributed by atoms with van der Waals surface area (Å²) in [6.07, 6.45) is 2.11. The van der Waals surface area contributed by atoms with Crippen molar-refractivity contribution < 1.29 is 14.7 Å². The average molecular weight is 208 g/mol. The molecule has 0 radical (unpaired) electrons. The second-order valence-electron chi connectivity index (χ2n) is 3.16. The maximum atomic E-state index is 8.28. The molecule has 1 N–H and O–H groups in total. The van der Waals surface area contributed by atoms with Crippen molar-refractivity contribution in [1.82, 2.24) is 0 Å². The fourth-order valence-electron chi connectivity index (χ4n) is 1.31. The fourth-order valence-corrected chi connectivity index (χ4v) is 1.44. The minimum atomic E-state index is -0.466. The topological polar surface area (TPSA) is 51.1 Å². The van der Waals surface area contributed by atoms with E-state index in [0.717, 1.165) is 12.8 Å². The van der Waals surface area contributed by atoms with Gasteiger partial charge in [-0.25, -0.2) is 0 Å². The first-order valence-corrected chi connectivity index (χ1v) is 4.68. The average Bonchev–Trinajstić information content (AvgIpc) is 2.52. The van der Waals surface area contributed by atoms with Crippen molar-refractivity contribution in [2.45, 2.75) is 32.0 Å². The maximum Gasteiger partial charge on any atom is 0.165 e. The summed E-state index contributed by atoms with van der Waals surface area (Å²) in [6, 6.07) is 0. The van der Waals surface area contributed by atoms with Crippen LogP contribution in [0.1, 0.15) is 26.2 Å². The lowest BCUT2D eigenvalue weighted by atomic mass is 10.1. The van der Waals surface area contributed by atoms with Crippen LogP contribution in [-0.2, 0) is 9.47 Å². The molecule has 0 amide bonds. The number of halogens is 1. The SMILES string of the molecule is CC1(CCC/C(Cl)=N/O)OCCO1. The minimum absolute atomic E-state index is 0.224. The summed E-state index contributed by atoms with van der Waals surface area (Å²) in [4.78, 5) is 0. The van der Waals surface area contributed by atoms with E-state index in [-0.39, 0.29) is 5.17 Å². The van der Waals surface area contributed by atoms with Gasteiger partial charge in [0, 0.05) is 12.8 Å². The highest BCUT2D eigenvalue weighted by molar-refractivity contribution is 6.65. The Morgan fingerprint density at radius 2 is 2.15 bits per heavy atom. The van der Waals surface area contributed by atoms with E-state index in [4.69, 9.17) is 26.3 Å². The van der Waals surface area contributed by atoms with Crippen molar-refractivity contribution in [3.05, 3.63) is 0 Å². The summed E-state index contributed by atoms with van der Waals surface area (Å²) in [6.45, 7) is 3.21. The quantitative estimate of drug-likeness (QED) is 0.436. The van der Waals surface area contributed by atoms with Crippen LogP contribution in [0.3, 0.4) is 0 Å². The number of oxime groups is 1. The van der Waals surface area contributed by atoms with Crippen molar-refractivity contribution in [2.24, 2.45) is 5.16 Å². The Kier molecular flexibility index (Phi) is 3.96. The monoisotopic (exact) mass is 207 g/mol. The van der Waals surface area contributed by atoms with E-state index in [1.807, 2.05) is 6.92 Å². The molecule has 13 heavy (non-hydrogen) atoms. The lowest BCUT2D eigenvalue weighted by Gasteiger charge is -2.21. The molecule has 1 aliphatic rings. The number of nitrogens with zero attached hydrogens (tertiary/aromatic N) is 1. The molecule has 0 atom stereocenters. The third kappa shape index (κ3) is 3.50. The number of hydrogen-bond donors (Lipinski definition) is 1. The van der Waals surface area contributed by atoms with E-state index in [0.29, 0.717) is 19.6 Å². The molecule has 0 aromatic heterocycles. The molecular weight excluding hydrogens is 194 g/mol. The lowest BCUT2D eigenvalue weighted by Crippen LogP contribution is -2.25. The van der Waals surface area contributed by atoms with Gasteiger partial charge in [-0.1, -0.05) is 16.8 Å². The van der Waals surface area contributed by atoms with Crippen LogP contribution < -0.4 is 0 Å².